The van der Waals surface area contributed by atoms with Gasteiger partial charge in [-0.25, -0.2) is 19.9 Å². The number of rotatable bonds is 6. The first-order chi connectivity index (χ1) is 13.5. The minimum absolute atomic E-state index is 0. The summed E-state index contributed by atoms with van der Waals surface area (Å²) < 4.78 is 39.7. The van der Waals surface area contributed by atoms with Crippen LogP contribution in [0.4, 0.5) is 13.2 Å². The lowest BCUT2D eigenvalue weighted by Crippen LogP contribution is -2.36. The van der Waals surface area contributed by atoms with Crippen LogP contribution in [0.15, 0.2) is 47.4 Å². The molecular formula is C17H19F3IN7S. The molecule has 3 aromatic rings. The standard InChI is InChI=1S/C17H18F3N7S.HI/c1-2-22-16(25-9-15-26-13(10-28-15)17(18,19)20)24-8-12-3-4-14(23-7-12)27-6-5-21-11-27;/h3-7,10-11H,2,8-9H2,1H3,(H2,22,24,25);1H. The van der Waals surface area contributed by atoms with Crippen LogP contribution in [-0.4, -0.2) is 32.0 Å². The number of guanidine groups is 1. The van der Waals surface area contributed by atoms with Crippen LogP contribution in [0.2, 0.25) is 0 Å². The summed E-state index contributed by atoms with van der Waals surface area (Å²) in [7, 11) is 0. The van der Waals surface area contributed by atoms with Crippen LogP contribution in [0, 0.1) is 0 Å². The Bertz CT molecular complexity index is 908. The molecule has 0 aromatic carbocycles. The van der Waals surface area contributed by atoms with Gasteiger partial charge in [0.25, 0.3) is 0 Å². The van der Waals surface area contributed by atoms with Crippen LogP contribution >= 0.6 is 35.3 Å². The maximum Gasteiger partial charge on any atom is 0.434 e. The van der Waals surface area contributed by atoms with Crippen molar-refractivity contribution >= 4 is 41.3 Å². The molecule has 0 unspecified atom stereocenters. The fourth-order valence-corrected chi connectivity index (χ4v) is 2.99. The Labute approximate surface area is 186 Å². The lowest BCUT2D eigenvalue weighted by molar-refractivity contribution is -0.140. The molecule has 29 heavy (non-hydrogen) atoms. The Kier molecular flexibility index (Phi) is 8.37. The van der Waals surface area contributed by atoms with E-state index in [1.165, 1.54) is 0 Å². The summed E-state index contributed by atoms with van der Waals surface area (Å²) in [6.07, 6.45) is 2.43. The van der Waals surface area contributed by atoms with Crippen molar-refractivity contribution in [3.8, 4) is 5.82 Å². The molecular weight excluding hydrogens is 518 g/mol. The van der Waals surface area contributed by atoms with Crippen molar-refractivity contribution in [3.63, 3.8) is 0 Å². The van der Waals surface area contributed by atoms with E-state index in [-0.39, 0.29) is 30.5 Å². The zero-order valence-corrected chi connectivity index (χ0v) is 18.5. The quantitative estimate of drug-likeness (QED) is 0.286. The van der Waals surface area contributed by atoms with Crippen molar-refractivity contribution in [1.29, 1.82) is 0 Å². The Morgan fingerprint density at radius 3 is 2.69 bits per heavy atom. The predicted octanol–water partition coefficient (Wildman–Crippen LogP) is 3.62. The third-order valence-electron chi connectivity index (χ3n) is 3.59. The molecule has 0 radical (unpaired) electrons. The third-order valence-corrected chi connectivity index (χ3v) is 4.44. The second-order valence-electron chi connectivity index (χ2n) is 5.67. The van der Waals surface area contributed by atoms with Gasteiger partial charge in [0.15, 0.2) is 11.7 Å². The van der Waals surface area contributed by atoms with Crippen LogP contribution in [0.1, 0.15) is 23.2 Å². The van der Waals surface area contributed by atoms with Crippen molar-refractivity contribution in [2.75, 3.05) is 6.54 Å². The molecule has 3 aromatic heterocycles. The van der Waals surface area contributed by atoms with Gasteiger partial charge >= 0.3 is 6.18 Å². The van der Waals surface area contributed by atoms with Crippen LogP contribution in [0.25, 0.3) is 5.82 Å². The second-order valence-corrected chi connectivity index (χ2v) is 6.61. The first-order valence-electron chi connectivity index (χ1n) is 8.42. The SMILES string of the molecule is CCNC(=NCc1ccc(-n2ccnc2)nc1)NCc1nc(C(F)(F)F)cs1.I. The average molecular weight is 537 g/mol. The highest BCUT2D eigenvalue weighted by atomic mass is 127. The first kappa shape index (κ1) is 23.1. The lowest BCUT2D eigenvalue weighted by atomic mass is 10.3. The van der Waals surface area contributed by atoms with E-state index >= 15 is 0 Å². The number of hydrogen-bond acceptors (Lipinski definition) is 5. The van der Waals surface area contributed by atoms with Gasteiger partial charge < -0.3 is 10.6 Å². The number of thiazole rings is 1. The molecule has 0 aliphatic rings. The molecule has 12 heteroatoms. The summed E-state index contributed by atoms with van der Waals surface area (Å²) in [5.41, 5.74) is 0.0231. The lowest BCUT2D eigenvalue weighted by Gasteiger charge is -2.10. The van der Waals surface area contributed by atoms with Crippen molar-refractivity contribution in [3.05, 3.63) is 58.7 Å². The largest absolute Gasteiger partial charge is 0.434 e. The predicted molar refractivity (Wildman–Crippen MR) is 116 cm³/mol. The fourth-order valence-electron chi connectivity index (χ4n) is 2.25. The van der Waals surface area contributed by atoms with Crippen LogP contribution in [0.3, 0.4) is 0 Å². The summed E-state index contributed by atoms with van der Waals surface area (Å²) >= 11 is 0.957. The zero-order chi connectivity index (χ0) is 20.0. The number of alkyl halides is 3. The summed E-state index contributed by atoms with van der Waals surface area (Å²) in [6, 6.07) is 3.77. The van der Waals surface area contributed by atoms with E-state index < -0.39 is 11.9 Å². The smallest absolute Gasteiger partial charge is 0.357 e. The van der Waals surface area contributed by atoms with Gasteiger partial charge in [-0.3, -0.25) is 4.57 Å². The van der Waals surface area contributed by atoms with Gasteiger partial charge in [-0.15, -0.1) is 35.3 Å². The monoisotopic (exact) mass is 537 g/mol. The van der Waals surface area contributed by atoms with E-state index in [4.69, 9.17) is 0 Å². The highest BCUT2D eigenvalue weighted by molar-refractivity contribution is 14.0. The number of nitrogens with zero attached hydrogens (tertiary/aromatic N) is 5. The zero-order valence-electron chi connectivity index (χ0n) is 15.3. The van der Waals surface area contributed by atoms with Gasteiger partial charge in [0, 0.05) is 30.5 Å². The number of hydrogen-bond donors (Lipinski definition) is 2. The van der Waals surface area contributed by atoms with Gasteiger partial charge in [-0.05, 0) is 18.6 Å². The molecule has 0 aliphatic carbocycles. The van der Waals surface area contributed by atoms with Crippen LogP contribution in [0.5, 0.6) is 0 Å². The molecule has 156 valence electrons. The Balaban J connectivity index is 0.00000300. The molecule has 0 fully saturated rings. The normalized spacial score (nSPS) is 11.8. The maximum atomic E-state index is 12.6. The van der Waals surface area contributed by atoms with E-state index in [1.54, 1.807) is 29.5 Å². The molecule has 0 spiro atoms. The van der Waals surface area contributed by atoms with E-state index in [9.17, 15) is 13.2 Å². The topological polar surface area (TPSA) is 80.0 Å². The van der Waals surface area contributed by atoms with Gasteiger partial charge in [-0.1, -0.05) is 6.07 Å². The minimum atomic E-state index is -4.43. The van der Waals surface area contributed by atoms with E-state index in [0.29, 0.717) is 24.1 Å². The van der Waals surface area contributed by atoms with Gasteiger partial charge in [0.1, 0.15) is 17.2 Å². The number of aromatic nitrogens is 4. The highest BCUT2D eigenvalue weighted by Gasteiger charge is 2.33. The molecule has 0 atom stereocenters. The van der Waals surface area contributed by atoms with Gasteiger partial charge in [0.2, 0.25) is 0 Å². The van der Waals surface area contributed by atoms with E-state index in [2.05, 4.69) is 30.6 Å². The Morgan fingerprint density at radius 1 is 1.28 bits per heavy atom. The summed E-state index contributed by atoms with van der Waals surface area (Å²) in [5.74, 6) is 1.24. The molecule has 0 aliphatic heterocycles. The molecule has 3 rings (SSSR count). The fraction of sp³-hybridized carbons (Fsp3) is 0.294. The van der Waals surface area contributed by atoms with Gasteiger partial charge in [-0.2, -0.15) is 13.2 Å². The first-order valence-corrected chi connectivity index (χ1v) is 9.30. The second kappa shape index (κ2) is 10.5. The van der Waals surface area contributed by atoms with Crippen molar-refractivity contribution in [2.45, 2.75) is 26.2 Å². The Morgan fingerprint density at radius 2 is 2.10 bits per heavy atom. The molecule has 0 amide bonds. The number of nitrogens with one attached hydrogen (secondary N) is 2. The molecule has 0 saturated carbocycles. The number of pyridine rings is 1. The van der Waals surface area contributed by atoms with Crippen LogP contribution < -0.4 is 10.6 Å². The van der Waals surface area contributed by atoms with Crippen molar-refractivity contribution in [1.82, 2.24) is 30.2 Å². The van der Waals surface area contributed by atoms with Crippen molar-refractivity contribution in [2.24, 2.45) is 4.99 Å². The third kappa shape index (κ3) is 6.66. The summed E-state index contributed by atoms with van der Waals surface area (Å²) in [6.45, 7) is 3.06. The number of imidazole rings is 1. The molecule has 0 saturated heterocycles. The minimum Gasteiger partial charge on any atom is -0.357 e. The number of aliphatic imine (C=N–C) groups is 1. The molecule has 7 nitrogen and oxygen atoms in total. The van der Waals surface area contributed by atoms with E-state index in [0.717, 1.165) is 28.1 Å². The Hall–Kier alpha value is -2.22. The molecule has 0 bridgehead atoms. The summed E-state index contributed by atoms with van der Waals surface area (Å²) in [4.78, 5) is 16.4. The molecule has 3 heterocycles. The van der Waals surface area contributed by atoms with Crippen molar-refractivity contribution < 1.29 is 13.2 Å². The average Bonchev–Trinajstić information content (AvgIpc) is 3.36. The van der Waals surface area contributed by atoms with E-state index in [1.807, 2.05) is 19.1 Å². The van der Waals surface area contributed by atoms with Gasteiger partial charge in [0.05, 0.1) is 13.1 Å². The highest BCUT2D eigenvalue weighted by Crippen LogP contribution is 2.29. The molecule has 2 N–H and O–H groups in total. The van der Waals surface area contributed by atoms with Crippen LogP contribution in [-0.2, 0) is 19.3 Å². The number of halogens is 4. The maximum absolute atomic E-state index is 12.6. The summed E-state index contributed by atoms with van der Waals surface area (Å²) in [5, 5.41) is 7.39.